The Balaban J connectivity index is 2.25. The minimum absolute atomic E-state index is 0.0236. The zero-order chi connectivity index (χ0) is 24.2. The second-order valence-electron chi connectivity index (χ2n) is 6.66. The van der Waals surface area contributed by atoms with Gasteiger partial charge in [0, 0.05) is 0 Å². The summed E-state index contributed by atoms with van der Waals surface area (Å²) in [5.41, 5.74) is 0.664. The van der Waals surface area contributed by atoms with Crippen molar-refractivity contribution in [3.8, 4) is 23.3 Å². The van der Waals surface area contributed by atoms with Crippen molar-refractivity contribution in [2.24, 2.45) is 0 Å². The fourth-order valence-electron chi connectivity index (χ4n) is 2.82. The summed E-state index contributed by atoms with van der Waals surface area (Å²) in [7, 11) is 0.102. The van der Waals surface area contributed by atoms with Gasteiger partial charge in [-0.2, -0.15) is 0 Å². The van der Waals surface area contributed by atoms with Crippen LogP contribution in [0.15, 0.2) is 59.5 Å². The molecule has 33 heavy (non-hydrogen) atoms. The summed E-state index contributed by atoms with van der Waals surface area (Å²) >= 11 is -3.41. The van der Waals surface area contributed by atoms with Crippen LogP contribution < -0.4 is 14.2 Å². The van der Waals surface area contributed by atoms with Gasteiger partial charge in [0.1, 0.15) is 0 Å². The molecule has 0 fully saturated rings. The van der Waals surface area contributed by atoms with Crippen molar-refractivity contribution in [3.63, 3.8) is 0 Å². The quantitative estimate of drug-likeness (QED) is 0.348. The van der Waals surface area contributed by atoms with Crippen LogP contribution in [0.5, 0.6) is 17.2 Å². The van der Waals surface area contributed by atoms with Crippen molar-refractivity contribution in [2.45, 2.75) is 11.8 Å². The number of hydrogen-bond acceptors (Lipinski definition) is 7. The number of halogens is 2. The third kappa shape index (κ3) is 5.38. The number of hydrogen-bond donors (Lipinski definition) is 0. The Labute approximate surface area is 199 Å². The average molecular weight is 585 g/mol. The Morgan fingerprint density at radius 1 is 0.909 bits per heavy atom. The molecule has 0 aromatic heterocycles. The van der Waals surface area contributed by atoms with E-state index in [1.165, 1.54) is 45.6 Å². The van der Waals surface area contributed by atoms with Crippen LogP contribution >= 0.6 is 20.2 Å². The van der Waals surface area contributed by atoms with Crippen LogP contribution in [0.1, 0.15) is 11.1 Å². The van der Waals surface area contributed by atoms with Crippen molar-refractivity contribution < 1.29 is 29.5 Å². The molecule has 0 amide bonds. The molecule has 0 radical (unpaired) electrons. The molecule has 0 saturated heterocycles. The number of rotatable bonds is 8. The monoisotopic (exact) mass is 585 g/mol. The summed E-state index contributed by atoms with van der Waals surface area (Å²) in [5.74, 6) is 0.297. The van der Waals surface area contributed by atoms with Gasteiger partial charge in [-0.05, 0) is 0 Å². The first kappa shape index (κ1) is 24.8. The molecule has 0 aliphatic heterocycles. The molecule has 0 heterocycles. The van der Waals surface area contributed by atoms with Crippen molar-refractivity contribution in [1.82, 2.24) is 0 Å². The molecule has 0 N–H and O–H groups in total. The summed E-state index contributed by atoms with van der Waals surface area (Å²) in [6.45, 7) is 1.84. The minimum atomic E-state index is -4.22. The molecule has 0 aliphatic carbocycles. The standard InChI is InChI=1S/C23H21FINO6S/c1-15-5-8-19(9-6-15)33(27,28)32-25(17-7-10-20(24)16(11-17)14-26)23-21(30-3)12-18(29-2)13-22(23)31-4/h5-13H,1-4H3. The van der Waals surface area contributed by atoms with Gasteiger partial charge in [0.25, 0.3) is 0 Å². The zero-order valence-electron chi connectivity index (χ0n) is 18.3. The van der Waals surface area contributed by atoms with E-state index in [0.717, 1.165) is 11.6 Å². The Kier molecular flexibility index (Phi) is 7.78. The van der Waals surface area contributed by atoms with E-state index in [1.807, 2.05) is 6.92 Å². The molecule has 0 aliphatic rings. The second kappa shape index (κ2) is 10.4. The fraction of sp³-hybridized carbons (Fsp3) is 0.174. The molecule has 0 atom stereocenters. The van der Waals surface area contributed by atoms with Gasteiger partial charge in [-0.25, -0.2) is 0 Å². The van der Waals surface area contributed by atoms with Gasteiger partial charge in [-0.3, -0.25) is 0 Å². The van der Waals surface area contributed by atoms with Crippen LogP contribution in [-0.4, -0.2) is 29.7 Å². The van der Waals surface area contributed by atoms with E-state index in [0.29, 0.717) is 24.4 Å². The van der Waals surface area contributed by atoms with Gasteiger partial charge in [0.05, 0.1) is 0 Å². The van der Waals surface area contributed by atoms with Gasteiger partial charge in [0.15, 0.2) is 0 Å². The van der Waals surface area contributed by atoms with Crippen LogP contribution in [0.2, 0.25) is 0 Å². The van der Waals surface area contributed by atoms with Crippen LogP contribution in [0.3, 0.4) is 0 Å². The van der Waals surface area contributed by atoms with Gasteiger partial charge in [-0.1, -0.05) is 0 Å². The molecular weight excluding hydrogens is 564 g/mol. The van der Waals surface area contributed by atoms with Crippen LogP contribution in [0.25, 0.3) is 0 Å². The van der Waals surface area contributed by atoms with Gasteiger partial charge >= 0.3 is 200 Å². The van der Waals surface area contributed by atoms with Crippen LogP contribution in [0, 0.1) is 31.2 Å². The first-order valence-electron chi connectivity index (χ1n) is 9.45. The molecule has 3 rings (SSSR count). The van der Waals surface area contributed by atoms with Gasteiger partial charge in [-0.15, -0.1) is 0 Å². The van der Waals surface area contributed by atoms with E-state index in [4.69, 9.17) is 16.7 Å². The number of nitriles is 1. The molecule has 174 valence electrons. The van der Waals surface area contributed by atoms with E-state index < -0.39 is 36.2 Å². The maximum absolute atomic E-state index is 14.0. The summed E-state index contributed by atoms with van der Waals surface area (Å²) < 4.78 is 63.4. The molecule has 0 spiro atoms. The third-order valence-corrected chi connectivity index (χ3v) is 12.0. The predicted molar refractivity (Wildman–Crippen MR) is 128 cm³/mol. The number of aryl methyl sites for hydroxylation is 1. The second-order valence-corrected chi connectivity index (χ2v) is 13.0. The zero-order valence-corrected chi connectivity index (χ0v) is 21.2. The predicted octanol–water partition coefficient (Wildman–Crippen LogP) is 4.90. The normalized spacial score (nSPS) is 11.5. The Hall–Kier alpha value is -2.88. The number of benzene rings is 3. The first-order valence-corrected chi connectivity index (χ1v) is 13.9. The SMILES string of the molecule is COc1cc(OC)c(I(OS(=O)(=O)c2ccc(C)cc2)c2ccc(F)c(C#N)c2)c(OC)c1. The van der Waals surface area contributed by atoms with Crippen molar-refractivity contribution in [3.05, 3.63) is 78.7 Å². The molecule has 3 aromatic carbocycles. The molecule has 7 nitrogen and oxygen atoms in total. The third-order valence-electron chi connectivity index (χ3n) is 4.53. The summed E-state index contributed by atoms with van der Waals surface area (Å²) in [6.07, 6.45) is 0. The topological polar surface area (TPSA) is 94.9 Å². The summed E-state index contributed by atoms with van der Waals surface area (Å²) in [5, 5.41) is 9.30. The Morgan fingerprint density at radius 2 is 1.52 bits per heavy atom. The number of nitrogens with zero attached hydrogens (tertiary/aromatic N) is 1. The van der Waals surface area contributed by atoms with E-state index in [1.54, 1.807) is 30.3 Å². The van der Waals surface area contributed by atoms with Gasteiger partial charge < -0.3 is 0 Å². The van der Waals surface area contributed by atoms with E-state index in [9.17, 15) is 18.1 Å². The van der Waals surface area contributed by atoms with Crippen molar-refractivity contribution >= 4 is 30.4 Å². The van der Waals surface area contributed by atoms with E-state index in [2.05, 4.69) is 0 Å². The summed E-state index contributed by atoms with van der Waals surface area (Å²) in [6, 6.07) is 15.0. The molecular formula is C23H21FINO6S. The number of methoxy groups -OCH3 is 3. The molecule has 0 bridgehead atoms. The number of ether oxygens (including phenoxy) is 3. The maximum atomic E-state index is 14.0. The molecule has 0 saturated carbocycles. The van der Waals surface area contributed by atoms with Crippen molar-refractivity contribution in [1.29, 1.82) is 5.26 Å². The molecule has 10 heteroatoms. The average Bonchev–Trinajstić information content (AvgIpc) is 2.82. The van der Waals surface area contributed by atoms with Crippen molar-refractivity contribution in [2.75, 3.05) is 21.3 Å². The van der Waals surface area contributed by atoms with Crippen LogP contribution in [-0.2, 0) is 12.6 Å². The molecule has 0 unspecified atom stereocenters. The van der Waals surface area contributed by atoms with Crippen LogP contribution in [0.4, 0.5) is 4.39 Å². The van der Waals surface area contributed by atoms with E-state index in [-0.39, 0.29) is 10.5 Å². The summed E-state index contributed by atoms with van der Waals surface area (Å²) in [4.78, 5) is -0.0236. The van der Waals surface area contributed by atoms with Gasteiger partial charge in [0.2, 0.25) is 0 Å². The Bertz CT molecular complexity index is 1280. The first-order chi connectivity index (χ1) is 15.7. The van der Waals surface area contributed by atoms with E-state index >= 15 is 0 Å². The Morgan fingerprint density at radius 3 is 2.03 bits per heavy atom. The fourth-order valence-corrected chi connectivity index (χ4v) is 10.3. The molecule has 3 aromatic rings.